The van der Waals surface area contributed by atoms with E-state index in [9.17, 15) is 4.79 Å². The van der Waals surface area contributed by atoms with Crippen LogP contribution >= 0.6 is 12.4 Å². The number of hydrogen-bond donors (Lipinski definition) is 1. The number of amides is 1. The van der Waals surface area contributed by atoms with Gasteiger partial charge in [0.1, 0.15) is 0 Å². The zero-order valence-corrected chi connectivity index (χ0v) is 18.2. The molecule has 0 aromatic carbocycles. The standard InChI is InChI=1S/C18H35NO.C3H9N.ClH/c1-2-3-4-5-6-7-8-9-10-11-12-13-14-15-16-17-18(19)20;1-4(2)3;/h9-10H,2-8,11-17H2,1H3,(H2,19,20);1-3H3;1H/b10-9-;;. The molecule has 0 rings (SSSR count). The average molecular weight is 377 g/mol. The molecule has 0 spiro atoms. The number of rotatable bonds is 15. The maximum Gasteiger partial charge on any atom is 0.217 e. The monoisotopic (exact) mass is 376 g/mol. The highest BCUT2D eigenvalue weighted by Gasteiger charge is 1.94. The Balaban J connectivity index is -0.000000867. The third-order valence-corrected chi connectivity index (χ3v) is 3.68. The summed E-state index contributed by atoms with van der Waals surface area (Å²) < 4.78 is 0. The van der Waals surface area contributed by atoms with E-state index in [1.807, 2.05) is 26.0 Å². The molecule has 0 saturated heterocycles. The number of hydrogen-bond acceptors (Lipinski definition) is 2. The third kappa shape index (κ3) is 39.9. The predicted molar refractivity (Wildman–Crippen MR) is 116 cm³/mol. The molecule has 152 valence electrons. The summed E-state index contributed by atoms with van der Waals surface area (Å²) in [6.45, 7) is 2.26. The highest BCUT2D eigenvalue weighted by atomic mass is 35.5. The van der Waals surface area contributed by atoms with Crippen molar-refractivity contribution >= 4 is 18.3 Å². The fourth-order valence-corrected chi connectivity index (χ4v) is 2.37. The van der Waals surface area contributed by atoms with Crippen LogP contribution in [0.4, 0.5) is 0 Å². The molecule has 0 saturated carbocycles. The molecule has 0 aromatic heterocycles. The smallest absolute Gasteiger partial charge is 0.217 e. The Morgan fingerprint density at radius 1 is 0.760 bits per heavy atom. The van der Waals surface area contributed by atoms with Gasteiger partial charge in [-0.3, -0.25) is 4.79 Å². The summed E-state index contributed by atoms with van der Waals surface area (Å²) in [5.74, 6) is -0.164. The number of carbonyl (C=O) groups is 1. The Labute approximate surface area is 164 Å². The molecule has 4 heteroatoms. The molecule has 0 aliphatic rings. The van der Waals surface area contributed by atoms with Crippen LogP contribution in [0.1, 0.15) is 96.8 Å². The van der Waals surface area contributed by atoms with E-state index >= 15 is 0 Å². The van der Waals surface area contributed by atoms with E-state index in [0.717, 1.165) is 12.8 Å². The van der Waals surface area contributed by atoms with Gasteiger partial charge in [0.05, 0.1) is 0 Å². The molecule has 3 nitrogen and oxygen atoms in total. The highest BCUT2D eigenvalue weighted by molar-refractivity contribution is 5.85. The van der Waals surface area contributed by atoms with Crippen molar-refractivity contribution < 1.29 is 4.79 Å². The second kappa shape index (κ2) is 25.7. The minimum absolute atomic E-state index is 0. The van der Waals surface area contributed by atoms with E-state index in [2.05, 4.69) is 19.1 Å². The van der Waals surface area contributed by atoms with Crippen LogP contribution in [-0.4, -0.2) is 32.0 Å². The normalized spacial score (nSPS) is 10.4. The van der Waals surface area contributed by atoms with Gasteiger partial charge in [0, 0.05) is 6.42 Å². The lowest BCUT2D eigenvalue weighted by Crippen LogP contribution is -2.09. The van der Waals surface area contributed by atoms with Gasteiger partial charge in [-0.05, 0) is 53.2 Å². The van der Waals surface area contributed by atoms with Crippen molar-refractivity contribution in [2.45, 2.75) is 96.8 Å². The Morgan fingerprint density at radius 2 is 1.12 bits per heavy atom. The van der Waals surface area contributed by atoms with Crippen molar-refractivity contribution in [2.24, 2.45) is 5.73 Å². The van der Waals surface area contributed by atoms with Crippen LogP contribution in [0, 0.1) is 0 Å². The van der Waals surface area contributed by atoms with Crippen LogP contribution in [0.2, 0.25) is 0 Å². The predicted octanol–water partition coefficient (Wildman–Crippen LogP) is 6.11. The minimum Gasteiger partial charge on any atom is -0.370 e. The summed E-state index contributed by atoms with van der Waals surface area (Å²) in [5.41, 5.74) is 5.10. The van der Waals surface area contributed by atoms with Crippen LogP contribution in [-0.2, 0) is 4.79 Å². The molecule has 1 amide bonds. The molecule has 0 aliphatic carbocycles. The molecule has 25 heavy (non-hydrogen) atoms. The van der Waals surface area contributed by atoms with Crippen LogP contribution < -0.4 is 5.73 Å². The fourth-order valence-electron chi connectivity index (χ4n) is 2.37. The number of allylic oxidation sites excluding steroid dienone is 2. The fraction of sp³-hybridized carbons (Fsp3) is 0.857. The van der Waals surface area contributed by atoms with Gasteiger partial charge in [0.2, 0.25) is 5.91 Å². The van der Waals surface area contributed by atoms with Gasteiger partial charge in [0.25, 0.3) is 0 Å². The molecule has 0 unspecified atom stereocenters. The largest absolute Gasteiger partial charge is 0.370 e. The lowest BCUT2D eigenvalue weighted by molar-refractivity contribution is -0.118. The maximum atomic E-state index is 10.5. The van der Waals surface area contributed by atoms with Gasteiger partial charge in [-0.25, -0.2) is 0 Å². The molecule has 0 fully saturated rings. The van der Waals surface area contributed by atoms with E-state index in [1.165, 1.54) is 70.6 Å². The van der Waals surface area contributed by atoms with Gasteiger partial charge in [-0.15, -0.1) is 12.4 Å². The summed E-state index contributed by atoms with van der Waals surface area (Å²) in [4.78, 5) is 12.5. The van der Waals surface area contributed by atoms with Gasteiger partial charge >= 0.3 is 0 Å². The van der Waals surface area contributed by atoms with Crippen molar-refractivity contribution in [1.29, 1.82) is 0 Å². The van der Waals surface area contributed by atoms with Gasteiger partial charge < -0.3 is 10.6 Å². The Morgan fingerprint density at radius 3 is 1.52 bits per heavy atom. The number of primary amides is 1. The first kappa shape index (κ1) is 29.2. The van der Waals surface area contributed by atoms with Crippen molar-refractivity contribution in [2.75, 3.05) is 21.1 Å². The molecule has 0 atom stereocenters. The van der Waals surface area contributed by atoms with Crippen molar-refractivity contribution in [3.63, 3.8) is 0 Å². The zero-order valence-electron chi connectivity index (χ0n) is 17.4. The lowest BCUT2D eigenvalue weighted by Gasteiger charge is -1.99. The number of nitrogens with two attached hydrogens (primary N) is 1. The summed E-state index contributed by atoms with van der Waals surface area (Å²) >= 11 is 0. The van der Waals surface area contributed by atoms with Gasteiger partial charge in [0.15, 0.2) is 0 Å². The van der Waals surface area contributed by atoms with Crippen molar-refractivity contribution in [3.8, 4) is 0 Å². The first-order valence-corrected chi connectivity index (χ1v) is 10.0. The SMILES string of the molecule is CCCCCCCC/C=C\CCCCCCCC(N)=O.CN(C)C.Cl. The topological polar surface area (TPSA) is 46.3 Å². The van der Waals surface area contributed by atoms with Crippen LogP contribution in [0.25, 0.3) is 0 Å². The second-order valence-electron chi connectivity index (χ2n) is 7.14. The van der Waals surface area contributed by atoms with E-state index in [4.69, 9.17) is 5.73 Å². The lowest BCUT2D eigenvalue weighted by atomic mass is 10.1. The molecular weight excluding hydrogens is 332 g/mol. The quantitative estimate of drug-likeness (QED) is 0.277. The average Bonchev–Trinajstić information content (AvgIpc) is 2.50. The molecule has 2 N–H and O–H groups in total. The summed E-state index contributed by atoms with van der Waals surface area (Å²) in [7, 11) is 6.00. The number of carbonyl (C=O) groups excluding carboxylic acids is 1. The molecule has 0 bridgehead atoms. The summed E-state index contributed by atoms with van der Waals surface area (Å²) in [6.07, 6.45) is 21.9. The van der Waals surface area contributed by atoms with E-state index in [0.29, 0.717) is 6.42 Å². The van der Waals surface area contributed by atoms with Gasteiger partial charge in [-0.2, -0.15) is 0 Å². The van der Waals surface area contributed by atoms with Crippen molar-refractivity contribution in [1.82, 2.24) is 4.90 Å². The number of halogens is 1. The minimum atomic E-state index is -0.164. The van der Waals surface area contributed by atoms with Crippen molar-refractivity contribution in [3.05, 3.63) is 12.2 Å². The molecule has 0 radical (unpaired) electrons. The zero-order chi connectivity index (χ0) is 18.5. The van der Waals surface area contributed by atoms with Gasteiger partial charge in [-0.1, -0.05) is 70.4 Å². The summed E-state index contributed by atoms with van der Waals surface area (Å²) in [5, 5.41) is 0. The molecule has 0 aromatic rings. The maximum absolute atomic E-state index is 10.5. The van der Waals surface area contributed by atoms with E-state index in [-0.39, 0.29) is 18.3 Å². The molecular formula is C21H45ClN2O. The Bertz CT molecular complexity index is 278. The summed E-state index contributed by atoms with van der Waals surface area (Å²) in [6, 6.07) is 0. The Hall–Kier alpha value is -0.540. The highest BCUT2D eigenvalue weighted by Crippen LogP contribution is 2.09. The number of unbranched alkanes of at least 4 members (excludes halogenated alkanes) is 11. The van der Waals surface area contributed by atoms with Crippen LogP contribution in [0.3, 0.4) is 0 Å². The first-order valence-electron chi connectivity index (χ1n) is 10.0. The van der Waals surface area contributed by atoms with Crippen LogP contribution in [0.15, 0.2) is 12.2 Å². The number of nitrogens with zero attached hydrogens (tertiary/aromatic N) is 1. The van der Waals surface area contributed by atoms with E-state index < -0.39 is 0 Å². The van der Waals surface area contributed by atoms with Crippen LogP contribution in [0.5, 0.6) is 0 Å². The molecule has 0 aliphatic heterocycles. The Kier molecular flexibility index (Phi) is 30.0. The van der Waals surface area contributed by atoms with E-state index in [1.54, 1.807) is 0 Å². The third-order valence-electron chi connectivity index (χ3n) is 3.68. The second-order valence-corrected chi connectivity index (χ2v) is 7.14. The molecule has 0 heterocycles. The first-order chi connectivity index (χ1) is 11.5.